The van der Waals surface area contributed by atoms with Crippen LogP contribution in [0, 0.1) is 17.8 Å². The maximum Gasteiger partial charge on any atom is 0.127 e. The van der Waals surface area contributed by atoms with Crippen molar-refractivity contribution in [3.8, 4) is 11.5 Å². The molecule has 2 aliphatic carbocycles. The lowest BCUT2D eigenvalue weighted by Gasteiger charge is -2.29. The second kappa shape index (κ2) is 11.9. The number of nitrogens with zero attached hydrogens (tertiary/aromatic N) is 2. The molecule has 212 valence electrons. The van der Waals surface area contributed by atoms with Crippen LogP contribution in [0.15, 0.2) is 34.3 Å². The molecule has 2 aromatic carbocycles. The minimum Gasteiger partial charge on any atom is -0.507 e. The third-order valence-electron chi connectivity index (χ3n) is 8.65. The predicted octanol–water partition coefficient (Wildman–Crippen LogP) is 8.59. The van der Waals surface area contributed by atoms with Crippen LogP contribution >= 0.6 is 0 Å². The van der Waals surface area contributed by atoms with Crippen molar-refractivity contribution in [2.75, 3.05) is 0 Å². The van der Waals surface area contributed by atoms with Gasteiger partial charge in [-0.05, 0) is 103 Å². The van der Waals surface area contributed by atoms with E-state index >= 15 is 0 Å². The first-order valence-corrected chi connectivity index (χ1v) is 15.2. The summed E-state index contributed by atoms with van der Waals surface area (Å²) >= 11 is 0. The van der Waals surface area contributed by atoms with Gasteiger partial charge in [0.15, 0.2) is 0 Å². The molecule has 2 bridgehead atoms. The van der Waals surface area contributed by atoms with Gasteiger partial charge >= 0.3 is 0 Å². The van der Waals surface area contributed by atoms with E-state index in [-0.39, 0.29) is 23.4 Å². The topological polar surface area (TPSA) is 65.2 Å². The van der Waals surface area contributed by atoms with Gasteiger partial charge in [-0.3, -0.25) is 9.98 Å². The molecule has 4 rings (SSSR count). The molecule has 3 atom stereocenters. The fourth-order valence-electron chi connectivity index (χ4n) is 6.71. The molecular formula is C35H50N2O2. The van der Waals surface area contributed by atoms with E-state index < -0.39 is 0 Å². The molecule has 2 fully saturated rings. The Labute approximate surface area is 236 Å². The number of fused-ring (bicyclic) bond motifs is 2. The highest BCUT2D eigenvalue weighted by Gasteiger charge is 2.52. The van der Waals surface area contributed by atoms with Crippen LogP contribution in [0.1, 0.15) is 126 Å². The van der Waals surface area contributed by atoms with Crippen LogP contribution in [0.5, 0.6) is 11.5 Å². The number of hydrogen-bond donors (Lipinski definition) is 2. The van der Waals surface area contributed by atoms with Crippen molar-refractivity contribution < 1.29 is 10.2 Å². The average molecular weight is 531 g/mol. The summed E-state index contributed by atoms with van der Waals surface area (Å²) in [5, 5.41) is 22.2. The first-order chi connectivity index (χ1) is 18.4. The number of aromatic hydroxyl groups is 2. The van der Waals surface area contributed by atoms with Crippen LogP contribution in [0.4, 0.5) is 0 Å². The summed E-state index contributed by atoms with van der Waals surface area (Å²) in [6.45, 7) is 17.4. The van der Waals surface area contributed by atoms with Gasteiger partial charge in [-0.1, -0.05) is 67.5 Å². The van der Waals surface area contributed by atoms with E-state index in [0.29, 0.717) is 29.3 Å². The SMILES string of the molecule is CC(C)Cc1cc(C=NC2CC3CCC2(N=Cc2cc(CC(C)C)cc(C(C)C)c2O)C3)c(O)c(C(C)C)c1. The number of phenolic OH excluding ortho intramolecular Hbond substituents is 2. The van der Waals surface area contributed by atoms with Gasteiger partial charge in [-0.2, -0.15) is 0 Å². The Bertz CT molecular complexity index is 1220. The average Bonchev–Trinajstić information content (AvgIpc) is 3.41. The molecule has 0 amide bonds. The zero-order valence-electron chi connectivity index (χ0n) is 25.5. The van der Waals surface area contributed by atoms with Crippen molar-refractivity contribution in [1.29, 1.82) is 0 Å². The third-order valence-corrected chi connectivity index (χ3v) is 8.65. The van der Waals surface area contributed by atoms with Gasteiger partial charge in [-0.25, -0.2) is 0 Å². The summed E-state index contributed by atoms with van der Waals surface area (Å²) in [6, 6.07) is 8.64. The zero-order valence-corrected chi connectivity index (χ0v) is 25.5. The van der Waals surface area contributed by atoms with Crippen molar-refractivity contribution >= 4 is 12.4 Å². The molecule has 2 N–H and O–H groups in total. The van der Waals surface area contributed by atoms with Crippen molar-refractivity contribution in [3.63, 3.8) is 0 Å². The molecule has 4 heteroatoms. The summed E-state index contributed by atoms with van der Waals surface area (Å²) in [7, 11) is 0. The predicted molar refractivity (Wildman–Crippen MR) is 165 cm³/mol. The lowest BCUT2D eigenvalue weighted by Crippen LogP contribution is -2.34. The van der Waals surface area contributed by atoms with E-state index in [1.54, 1.807) is 0 Å². The fourth-order valence-corrected chi connectivity index (χ4v) is 6.71. The first-order valence-electron chi connectivity index (χ1n) is 15.2. The molecule has 0 aliphatic heterocycles. The second-order valence-corrected chi connectivity index (χ2v) is 13.8. The number of aliphatic imine (C=N–C) groups is 2. The van der Waals surface area contributed by atoms with Gasteiger partial charge in [0.1, 0.15) is 11.5 Å². The molecule has 4 nitrogen and oxygen atoms in total. The maximum atomic E-state index is 11.1. The number of phenols is 2. The summed E-state index contributed by atoms with van der Waals surface area (Å²) in [4.78, 5) is 10.3. The van der Waals surface area contributed by atoms with Gasteiger partial charge in [0.25, 0.3) is 0 Å². The molecule has 3 unspecified atom stereocenters. The monoisotopic (exact) mass is 530 g/mol. The number of hydrogen-bond acceptors (Lipinski definition) is 4. The van der Waals surface area contributed by atoms with Crippen LogP contribution in [0.25, 0.3) is 0 Å². The minimum atomic E-state index is -0.230. The largest absolute Gasteiger partial charge is 0.507 e. The summed E-state index contributed by atoms with van der Waals surface area (Å²) in [5.41, 5.74) is 5.92. The molecule has 39 heavy (non-hydrogen) atoms. The Kier molecular flexibility index (Phi) is 8.93. The number of rotatable bonds is 10. The summed E-state index contributed by atoms with van der Waals surface area (Å²) < 4.78 is 0. The minimum absolute atomic E-state index is 0.0914. The highest BCUT2D eigenvalue weighted by Crippen LogP contribution is 2.52. The van der Waals surface area contributed by atoms with Crippen molar-refractivity contribution in [3.05, 3.63) is 57.6 Å². The van der Waals surface area contributed by atoms with Gasteiger partial charge < -0.3 is 10.2 Å². The Morgan fingerprint density at radius 3 is 1.77 bits per heavy atom. The van der Waals surface area contributed by atoms with Crippen LogP contribution in [0.2, 0.25) is 0 Å². The van der Waals surface area contributed by atoms with E-state index in [0.717, 1.165) is 54.4 Å². The lowest BCUT2D eigenvalue weighted by molar-refractivity contribution is 0.367. The second-order valence-electron chi connectivity index (χ2n) is 13.8. The van der Waals surface area contributed by atoms with Crippen LogP contribution in [0.3, 0.4) is 0 Å². The van der Waals surface area contributed by atoms with E-state index in [4.69, 9.17) is 9.98 Å². The first kappa shape index (κ1) is 29.4. The Morgan fingerprint density at radius 2 is 1.31 bits per heavy atom. The van der Waals surface area contributed by atoms with Crippen molar-refractivity contribution in [2.45, 2.75) is 117 Å². The van der Waals surface area contributed by atoms with Crippen molar-refractivity contribution in [2.24, 2.45) is 27.7 Å². The van der Waals surface area contributed by atoms with Crippen LogP contribution in [-0.4, -0.2) is 34.2 Å². The van der Waals surface area contributed by atoms with Crippen LogP contribution in [-0.2, 0) is 12.8 Å². The summed E-state index contributed by atoms with van der Waals surface area (Å²) in [6.07, 6.45) is 10.1. The molecule has 2 aromatic rings. The normalized spacial score (nSPS) is 23.2. The van der Waals surface area contributed by atoms with Gasteiger partial charge in [0.2, 0.25) is 0 Å². The standard InChI is InChI=1S/C35H50N2O2/c1-21(2)11-26-13-28(33(38)30(15-26)23(5)6)19-36-32-17-25-9-10-35(32,18-25)37-20-29-14-27(12-22(3)4)16-31(24(7)8)34(29)39/h13-16,19-25,32,38-39H,9-12,17-18H2,1-8H3. The molecule has 0 radical (unpaired) electrons. The smallest absolute Gasteiger partial charge is 0.127 e. The molecule has 0 heterocycles. The Morgan fingerprint density at radius 1 is 0.795 bits per heavy atom. The third kappa shape index (κ3) is 6.58. The molecule has 0 aromatic heterocycles. The van der Waals surface area contributed by atoms with E-state index in [9.17, 15) is 10.2 Å². The highest BCUT2D eigenvalue weighted by atomic mass is 16.3. The van der Waals surface area contributed by atoms with E-state index in [1.807, 2.05) is 12.4 Å². The quantitative estimate of drug-likeness (QED) is 0.302. The van der Waals surface area contributed by atoms with E-state index in [1.165, 1.54) is 17.5 Å². The Balaban J connectivity index is 1.66. The van der Waals surface area contributed by atoms with Crippen molar-refractivity contribution in [1.82, 2.24) is 0 Å². The van der Waals surface area contributed by atoms with Gasteiger partial charge in [0, 0.05) is 23.6 Å². The molecular weight excluding hydrogens is 480 g/mol. The molecule has 0 saturated heterocycles. The fraction of sp³-hybridized carbons (Fsp3) is 0.600. The lowest BCUT2D eigenvalue weighted by atomic mass is 9.88. The molecule has 2 aliphatic rings. The molecule has 2 saturated carbocycles. The van der Waals surface area contributed by atoms with Crippen LogP contribution < -0.4 is 0 Å². The van der Waals surface area contributed by atoms with Gasteiger partial charge in [0.05, 0.1) is 11.6 Å². The Hall–Kier alpha value is -2.62. The highest BCUT2D eigenvalue weighted by molar-refractivity contribution is 5.86. The maximum absolute atomic E-state index is 11.1. The zero-order chi connectivity index (χ0) is 28.5. The van der Waals surface area contributed by atoms with Gasteiger partial charge in [-0.15, -0.1) is 0 Å². The van der Waals surface area contributed by atoms with E-state index in [2.05, 4.69) is 79.7 Å². The number of benzene rings is 2. The molecule has 0 spiro atoms. The summed E-state index contributed by atoms with van der Waals surface area (Å²) in [5.74, 6) is 2.95.